The number of hydrogen-bond donors (Lipinski definition) is 1. The SMILES string of the molecule is CCC(N)C(c1cccc(Br)c1)N(CC)C(C)CN(C)C. The lowest BCUT2D eigenvalue weighted by Crippen LogP contribution is -2.48. The second-order valence-electron chi connectivity index (χ2n) is 6.01. The summed E-state index contributed by atoms with van der Waals surface area (Å²) in [6.45, 7) is 8.71. The standard InChI is InChI=1S/C17H30BrN3/c1-6-16(19)17(14-9-8-10-15(18)11-14)21(7-2)13(3)12-20(4)5/h8-11,13,16-17H,6-7,12,19H2,1-5H3. The predicted molar refractivity (Wildman–Crippen MR) is 95.5 cm³/mol. The molecule has 1 aromatic rings. The van der Waals surface area contributed by atoms with Crippen molar-refractivity contribution < 1.29 is 0 Å². The fourth-order valence-corrected chi connectivity index (χ4v) is 3.43. The van der Waals surface area contributed by atoms with Crippen LogP contribution in [0, 0.1) is 0 Å². The van der Waals surface area contributed by atoms with Crippen molar-refractivity contribution in [2.24, 2.45) is 5.73 Å². The third-order valence-electron chi connectivity index (χ3n) is 3.99. The van der Waals surface area contributed by atoms with E-state index in [1.807, 2.05) is 0 Å². The van der Waals surface area contributed by atoms with E-state index >= 15 is 0 Å². The Morgan fingerprint density at radius 1 is 1.24 bits per heavy atom. The van der Waals surface area contributed by atoms with Crippen LogP contribution in [-0.2, 0) is 0 Å². The zero-order valence-corrected chi connectivity index (χ0v) is 15.6. The Morgan fingerprint density at radius 3 is 2.38 bits per heavy atom. The topological polar surface area (TPSA) is 32.5 Å². The number of nitrogens with zero attached hydrogens (tertiary/aromatic N) is 2. The van der Waals surface area contributed by atoms with Crippen molar-refractivity contribution >= 4 is 15.9 Å². The first-order valence-corrected chi connectivity index (χ1v) is 8.61. The highest BCUT2D eigenvalue weighted by Crippen LogP contribution is 2.29. The molecule has 0 aliphatic rings. The Hall–Kier alpha value is -0.420. The second kappa shape index (κ2) is 8.89. The highest BCUT2D eigenvalue weighted by atomic mass is 79.9. The average Bonchev–Trinajstić information content (AvgIpc) is 2.42. The molecule has 0 saturated carbocycles. The molecule has 4 heteroatoms. The van der Waals surface area contributed by atoms with E-state index in [0.29, 0.717) is 6.04 Å². The van der Waals surface area contributed by atoms with E-state index in [1.165, 1.54) is 5.56 Å². The molecule has 0 bridgehead atoms. The van der Waals surface area contributed by atoms with Crippen LogP contribution in [0.1, 0.15) is 38.8 Å². The molecule has 21 heavy (non-hydrogen) atoms. The van der Waals surface area contributed by atoms with E-state index in [4.69, 9.17) is 5.73 Å². The Labute approximate surface area is 138 Å². The maximum absolute atomic E-state index is 6.47. The van der Waals surface area contributed by atoms with Gasteiger partial charge < -0.3 is 10.6 Å². The van der Waals surface area contributed by atoms with Crippen LogP contribution < -0.4 is 5.73 Å². The Kier molecular flexibility index (Phi) is 7.88. The lowest BCUT2D eigenvalue weighted by Gasteiger charge is -2.40. The maximum Gasteiger partial charge on any atom is 0.0502 e. The fourth-order valence-electron chi connectivity index (χ4n) is 3.01. The largest absolute Gasteiger partial charge is 0.326 e. The van der Waals surface area contributed by atoms with Gasteiger partial charge in [-0.15, -0.1) is 0 Å². The van der Waals surface area contributed by atoms with Crippen LogP contribution >= 0.6 is 15.9 Å². The van der Waals surface area contributed by atoms with Gasteiger partial charge in [0, 0.05) is 23.1 Å². The summed E-state index contributed by atoms with van der Waals surface area (Å²) in [6.07, 6.45) is 0.975. The number of likely N-dealkylation sites (N-methyl/N-ethyl adjacent to an activating group) is 2. The van der Waals surface area contributed by atoms with Crippen molar-refractivity contribution in [2.45, 2.75) is 45.3 Å². The lowest BCUT2D eigenvalue weighted by atomic mass is 9.95. The molecule has 0 saturated heterocycles. The molecule has 0 heterocycles. The predicted octanol–water partition coefficient (Wildman–Crippen LogP) is 3.50. The summed E-state index contributed by atoms with van der Waals surface area (Å²) >= 11 is 3.58. The molecule has 3 nitrogen and oxygen atoms in total. The Balaban J connectivity index is 3.10. The molecule has 3 atom stereocenters. The van der Waals surface area contributed by atoms with Gasteiger partial charge in [-0.1, -0.05) is 41.9 Å². The van der Waals surface area contributed by atoms with Gasteiger partial charge >= 0.3 is 0 Å². The normalized spacial score (nSPS) is 16.2. The summed E-state index contributed by atoms with van der Waals surface area (Å²) in [5.41, 5.74) is 7.77. The number of benzene rings is 1. The minimum atomic E-state index is 0.142. The first-order chi connectivity index (χ1) is 9.90. The van der Waals surface area contributed by atoms with E-state index in [9.17, 15) is 0 Å². The van der Waals surface area contributed by atoms with Crippen molar-refractivity contribution in [1.82, 2.24) is 9.80 Å². The minimum absolute atomic E-state index is 0.142. The van der Waals surface area contributed by atoms with Crippen LogP contribution in [0.2, 0.25) is 0 Å². The van der Waals surface area contributed by atoms with E-state index in [0.717, 1.165) is 24.0 Å². The number of hydrogen-bond acceptors (Lipinski definition) is 3. The van der Waals surface area contributed by atoms with Gasteiger partial charge in [0.2, 0.25) is 0 Å². The van der Waals surface area contributed by atoms with Crippen LogP contribution in [0.4, 0.5) is 0 Å². The highest BCUT2D eigenvalue weighted by Gasteiger charge is 2.28. The van der Waals surface area contributed by atoms with Gasteiger partial charge in [0.15, 0.2) is 0 Å². The fraction of sp³-hybridized carbons (Fsp3) is 0.647. The third kappa shape index (κ3) is 5.37. The third-order valence-corrected chi connectivity index (χ3v) is 4.48. The molecule has 0 aromatic heterocycles. The van der Waals surface area contributed by atoms with Crippen molar-refractivity contribution in [3.8, 4) is 0 Å². The van der Waals surface area contributed by atoms with Crippen LogP contribution in [0.3, 0.4) is 0 Å². The average molecular weight is 356 g/mol. The zero-order valence-electron chi connectivity index (χ0n) is 14.0. The Morgan fingerprint density at radius 2 is 1.90 bits per heavy atom. The summed E-state index contributed by atoms with van der Waals surface area (Å²) in [4.78, 5) is 4.76. The molecule has 120 valence electrons. The van der Waals surface area contributed by atoms with Gasteiger partial charge in [0.1, 0.15) is 0 Å². The van der Waals surface area contributed by atoms with Crippen LogP contribution in [0.25, 0.3) is 0 Å². The molecular formula is C17H30BrN3. The van der Waals surface area contributed by atoms with Crippen molar-refractivity contribution in [1.29, 1.82) is 0 Å². The van der Waals surface area contributed by atoms with Gasteiger partial charge in [0.05, 0.1) is 6.04 Å². The number of halogens is 1. The summed E-state index contributed by atoms with van der Waals surface area (Å²) < 4.78 is 1.12. The number of rotatable bonds is 8. The van der Waals surface area contributed by atoms with Gasteiger partial charge in [-0.3, -0.25) is 4.90 Å². The zero-order chi connectivity index (χ0) is 16.0. The summed E-state index contributed by atoms with van der Waals surface area (Å²) in [5.74, 6) is 0. The van der Waals surface area contributed by atoms with E-state index in [-0.39, 0.29) is 12.1 Å². The first kappa shape index (κ1) is 18.6. The highest BCUT2D eigenvalue weighted by molar-refractivity contribution is 9.10. The lowest BCUT2D eigenvalue weighted by molar-refractivity contribution is 0.109. The molecule has 0 aliphatic heterocycles. The minimum Gasteiger partial charge on any atom is -0.326 e. The molecule has 1 aromatic carbocycles. The van der Waals surface area contributed by atoms with Gasteiger partial charge in [-0.25, -0.2) is 0 Å². The molecular weight excluding hydrogens is 326 g/mol. The van der Waals surface area contributed by atoms with Crippen LogP contribution in [0.15, 0.2) is 28.7 Å². The van der Waals surface area contributed by atoms with E-state index in [2.05, 4.69) is 84.9 Å². The molecule has 0 amide bonds. The van der Waals surface area contributed by atoms with Gasteiger partial charge in [-0.05, 0) is 51.7 Å². The molecule has 1 rings (SSSR count). The van der Waals surface area contributed by atoms with E-state index in [1.54, 1.807) is 0 Å². The maximum atomic E-state index is 6.47. The molecule has 0 spiro atoms. The van der Waals surface area contributed by atoms with Crippen LogP contribution in [0.5, 0.6) is 0 Å². The van der Waals surface area contributed by atoms with Gasteiger partial charge in [-0.2, -0.15) is 0 Å². The molecule has 3 unspecified atom stereocenters. The molecule has 2 N–H and O–H groups in total. The molecule has 0 radical (unpaired) electrons. The smallest absolute Gasteiger partial charge is 0.0502 e. The van der Waals surface area contributed by atoms with Crippen molar-refractivity contribution in [3.63, 3.8) is 0 Å². The summed E-state index contributed by atoms with van der Waals surface area (Å²) in [6, 6.07) is 9.42. The summed E-state index contributed by atoms with van der Waals surface area (Å²) in [7, 11) is 4.25. The van der Waals surface area contributed by atoms with E-state index < -0.39 is 0 Å². The molecule has 0 fully saturated rings. The van der Waals surface area contributed by atoms with Crippen molar-refractivity contribution in [2.75, 3.05) is 27.2 Å². The quantitative estimate of drug-likeness (QED) is 0.774. The molecule has 0 aliphatic carbocycles. The second-order valence-corrected chi connectivity index (χ2v) is 6.93. The summed E-state index contributed by atoms with van der Waals surface area (Å²) in [5, 5.41) is 0. The van der Waals surface area contributed by atoms with Gasteiger partial charge in [0.25, 0.3) is 0 Å². The van der Waals surface area contributed by atoms with Crippen molar-refractivity contribution in [3.05, 3.63) is 34.3 Å². The number of nitrogens with two attached hydrogens (primary N) is 1. The monoisotopic (exact) mass is 355 g/mol. The first-order valence-electron chi connectivity index (χ1n) is 7.82. The van der Waals surface area contributed by atoms with Crippen LogP contribution in [-0.4, -0.2) is 49.1 Å². The Bertz CT molecular complexity index is 422.